The van der Waals surface area contributed by atoms with Crippen molar-refractivity contribution in [2.45, 2.75) is 12.8 Å². The molecule has 1 aliphatic heterocycles. The monoisotopic (exact) mass is 286 g/mol. The molecular weight excluding hydrogens is 267 g/mol. The predicted molar refractivity (Wildman–Crippen MR) is 76.4 cm³/mol. The van der Waals surface area contributed by atoms with Crippen LogP contribution in [0.5, 0.6) is 0 Å². The maximum Gasteiger partial charge on any atom is 0.124 e. The largest absolute Gasteiger partial charge is 0.396 e. The molecule has 1 saturated heterocycles. The summed E-state index contributed by atoms with van der Waals surface area (Å²) in [6, 6.07) is 4.57. The van der Waals surface area contributed by atoms with Crippen LogP contribution in [-0.4, -0.2) is 49.3 Å². The van der Waals surface area contributed by atoms with E-state index >= 15 is 0 Å². The van der Waals surface area contributed by atoms with Gasteiger partial charge in [0.15, 0.2) is 0 Å². The van der Waals surface area contributed by atoms with E-state index in [4.69, 9.17) is 16.7 Å². The molecule has 0 radical (unpaired) electrons. The lowest BCUT2D eigenvalue weighted by Gasteiger charge is -2.36. The molecule has 0 aliphatic carbocycles. The molecule has 0 aromatic heterocycles. The molecule has 0 amide bonds. The molecule has 0 spiro atoms. The number of hydrogen-bond donors (Lipinski definition) is 1. The fraction of sp³-hybridized carbons (Fsp3) is 0.571. The van der Waals surface area contributed by atoms with Crippen molar-refractivity contribution in [1.29, 1.82) is 0 Å². The van der Waals surface area contributed by atoms with Crippen LogP contribution in [0.2, 0.25) is 5.02 Å². The first-order valence-corrected chi connectivity index (χ1v) is 7.11. The van der Waals surface area contributed by atoms with Crippen molar-refractivity contribution in [2.75, 3.05) is 44.2 Å². The zero-order valence-corrected chi connectivity index (χ0v) is 11.7. The lowest BCUT2D eigenvalue weighted by molar-refractivity contribution is 0.232. The minimum atomic E-state index is -0.295. The summed E-state index contributed by atoms with van der Waals surface area (Å²) < 4.78 is 13.0. The van der Waals surface area contributed by atoms with E-state index in [0.717, 1.165) is 51.3 Å². The highest BCUT2D eigenvalue weighted by Crippen LogP contribution is 2.27. The average Bonchev–Trinajstić information content (AvgIpc) is 2.40. The lowest BCUT2D eigenvalue weighted by Crippen LogP contribution is -2.46. The van der Waals surface area contributed by atoms with E-state index in [1.807, 2.05) is 0 Å². The molecule has 5 heteroatoms. The maximum atomic E-state index is 13.0. The van der Waals surface area contributed by atoms with Gasteiger partial charge >= 0.3 is 0 Å². The molecule has 19 heavy (non-hydrogen) atoms. The van der Waals surface area contributed by atoms with Gasteiger partial charge < -0.3 is 10.0 Å². The lowest BCUT2D eigenvalue weighted by atomic mass is 10.2. The van der Waals surface area contributed by atoms with Gasteiger partial charge in [-0.15, -0.1) is 0 Å². The van der Waals surface area contributed by atoms with Gasteiger partial charge in [-0.3, -0.25) is 4.90 Å². The molecule has 1 aromatic rings. The number of halogens is 2. The van der Waals surface area contributed by atoms with E-state index in [-0.39, 0.29) is 12.4 Å². The number of nitrogens with zero attached hydrogens (tertiary/aromatic N) is 2. The zero-order valence-electron chi connectivity index (χ0n) is 11.0. The number of anilines is 1. The molecule has 0 atom stereocenters. The van der Waals surface area contributed by atoms with Gasteiger partial charge in [0.1, 0.15) is 5.82 Å². The summed E-state index contributed by atoms with van der Waals surface area (Å²) in [7, 11) is 0. The molecule has 2 rings (SSSR count). The quantitative estimate of drug-likeness (QED) is 0.842. The second-order valence-corrected chi connectivity index (χ2v) is 5.26. The van der Waals surface area contributed by atoms with E-state index in [2.05, 4.69) is 9.80 Å². The Balaban J connectivity index is 1.85. The Morgan fingerprint density at radius 2 is 1.89 bits per heavy atom. The Morgan fingerprint density at radius 3 is 2.53 bits per heavy atom. The number of unbranched alkanes of at least 4 members (excludes halogenated alkanes) is 1. The maximum absolute atomic E-state index is 13.0. The molecule has 3 nitrogen and oxygen atoms in total. The van der Waals surface area contributed by atoms with Crippen molar-refractivity contribution in [3.8, 4) is 0 Å². The van der Waals surface area contributed by atoms with Crippen molar-refractivity contribution >= 4 is 17.3 Å². The number of rotatable bonds is 5. The third-order valence-corrected chi connectivity index (χ3v) is 3.81. The predicted octanol–water partition coefficient (Wildman–Crippen LogP) is 2.37. The van der Waals surface area contributed by atoms with Gasteiger partial charge in [0.05, 0.1) is 10.7 Å². The Hall–Kier alpha value is -0.840. The summed E-state index contributed by atoms with van der Waals surface area (Å²) in [5, 5.41) is 9.25. The first-order valence-electron chi connectivity index (χ1n) is 6.74. The van der Waals surface area contributed by atoms with Crippen molar-refractivity contribution in [3.05, 3.63) is 29.0 Å². The van der Waals surface area contributed by atoms with Gasteiger partial charge in [-0.25, -0.2) is 4.39 Å². The first kappa shape index (κ1) is 14.6. The fourth-order valence-corrected chi connectivity index (χ4v) is 2.68. The summed E-state index contributed by atoms with van der Waals surface area (Å²) in [4.78, 5) is 4.59. The Bertz CT molecular complexity index is 408. The van der Waals surface area contributed by atoms with Crippen LogP contribution in [0.15, 0.2) is 18.2 Å². The molecule has 1 N–H and O–H groups in total. The van der Waals surface area contributed by atoms with Crippen LogP contribution in [0.4, 0.5) is 10.1 Å². The summed E-state index contributed by atoms with van der Waals surface area (Å²) in [5.41, 5.74) is 0.915. The molecule has 1 aliphatic rings. The number of hydrogen-bond acceptors (Lipinski definition) is 3. The molecule has 0 unspecified atom stereocenters. The topological polar surface area (TPSA) is 26.7 Å². The molecule has 0 bridgehead atoms. The molecule has 0 saturated carbocycles. The Labute approximate surface area is 118 Å². The Morgan fingerprint density at radius 1 is 1.16 bits per heavy atom. The van der Waals surface area contributed by atoms with Gasteiger partial charge in [-0.1, -0.05) is 11.6 Å². The third-order valence-electron chi connectivity index (χ3n) is 3.51. The fourth-order valence-electron chi connectivity index (χ4n) is 2.40. The van der Waals surface area contributed by atoms with E-state index in [1.54, 1.807) is 6.07 Å². The minimum Gasteiger partial charge on any atom is -0.396 e. The van der Waals surface area contributed by atoms with E-state index in [0.29, 0.717) is 5.02 Å². The molecule has 1 aromatic carbocycles. The van der Waals surface area contributed by atoms with Crippen molar-refractivity contribution < 1.29 is 9.50 Å². The van der Waals surface area contributed by atoms with Crippen LogP contribution >= 0.6 is 11.6 Å². The highest BCUT2D eigenvalue weighted by atomic mass is 35.5. The third kappa shape index (κ3) is 4.06. The zero-order chi connectivity index (χ0) is 13.7. The summed E-state index contributed by atoms with van der Waals surface area (Å²) in [5.74, 6) is -0.295. The van der Waals surface area contributed by atoms with Gasteiger partial charge in [-0.2, -0.15) is 0 Å². The molecule has 1 heterocycles. The van der Waals surface area contributed by atoms with Gasteiger partial charge in [-0.05, 0) is 37.6 Å². The number of piperazine rings is 1. The highest BCUT2D eigenvalue weighted by molar-refractivity contribution is 6.33. The first-order chi connectivity index (χ1) is 9.20. The highest BCUT2D eigenvalue weighted by Gasteiger charge is 2.18. The Kier molecular flexibility index (Phi) is 5.43. The number of aliphatic hydroxyl groups is 1. The summed E-state index contributed by atoms with van der Waals surface area (Å²) in [6.07, 6.45) is 1.90. The van der Waals surface area contributed by atoms with E-state index in [9.17, 15) is 4.39 Å². The van der Waals surface area contributed by atoms with Gasteiger partial charge in [0, 0.05) is 32.8 Å². The smallest absolute Gasteiger partial charge is 0.124 e. The second kappa shape index (κ2) is 7.08. The van der Waals surface area contributed by atoms with Crippen LogP contribution < -0.4 is 4.90 Å². The van der Waals surface area contributed by atoms with Crippen molar-refractivity contribution in [2.24, 2.45) is 0 Å². The molecular formula is C14H20ClFN2O. The van der Waals surface area contributed by atoms with Crippen molar-refractivity contribution in [3.63, 3.8) is 0 Å². The molecule has 106 valence electrons. The number of benzene rings is 1. The van der Waals surface area contributed by atoms with E-state index < -0.39 is 0 Å². The summed E-state index contributed by atoms with van der Waals surface area (Å²) >= 11 is 6.08. The van der Waals surface area contributed by atoms with Crippen LogP contribution in [0.3, 0.4) is 0 Å². The summed E-state index contributed by atoms with van der Waals surface area (Å²) in [6.45, 7) is 5.09. The SMILES string of the molecule is OCCCCN1CCN(c2ccc(F)cc2Cl)CC1. The molecule has 1 fully saturated rings. The van der Waals surface area contributed by atoms with Crippen LogP contribution in [0.25, 0.3) is 0 Å². The number of aliphatic hydroxyl groups excluding tert-OH is 1. The normalized spacial score (nSPS) is 16.9. The van der Waals surface area contributed by atoms with Gasteiger partial charge in [0.2, 0.25) is 0 Å². The second-order valence-electron chi connectivity index (χ2n) is 4.86. The average molecular weight is 287 g/mol. The van der Waals surface area contributed by atoms with Crippen molar-refractivity contribution in [1.82, 2.24) is 4.90 Å². The van der Waals surface area contributed by atoms with Gasteiger partial charge in [0.25, 0.3) is 0 Å². The van der Waals surface area contributed by atoms with Crippen LogP contribution in [0.1, 0.15) is 12.8 Å². The van der Waals surface area contributed by atoms with E-state index in [1.165, 1.54) is 12.1 Å². The van der Waals surface area contributed by atoms with Crippen LogP contribution in [-0.2, 0) is 0 Å². The standard InChI is InChI=1S/C14H20ClFN2O/c15-13-11-12(16)3-4-14(13)18-8-6-17(7-9-18)5-1-2-10-19/h3-4,11,19H,1-2,5-10H2. The van der Waals surface area contributed by atoms with Crippen LogP contribution in [0, 0.1) is 5.82 Å². The minimum absolute atomic E-state index is 0.269.